The molecular weight excluding hydrogens is 218 g/mol. The summed E-state index contributed by atoms with van der Waals surface area (Å²) in [4.78, 5) is 10.2. The number of hydrogen-bond acceptors (Lipinski definition) is 2. The first-order valence-electron chi connectivity index (χ1n) is 4.58. The van der Waals surface area contributed by atoms with Crippen LogP contribution in [0.15, 0.2) is 34.7 Å². The number of hydrogen-bond donors (Lipinski definition) is 1. The van der Waals surface area contributed by atoms with Crippen LogP contribution in [0, 0.1) is 0 Å². The lowest BCUT2D eigenvalue weighted by atomic mass is 10.2. The summed E-state index contributed by atoms with van der Waals surface area (Å²) in [6.45, 7) is 0. The highest BCUT2D eigenvalue weighted by molar-refractivity contribution is 5.79. The van der Waals surface area contributed by atoms with Crippen molar-refractivity contribution in [2.45, 2.75) is 12.3 Å². The summed E-state index contributed by atoms with van der Waals surface area (Å²) in [5, 5.41) is 8.97. The highest BCUT2D eigenvalue weighted by Gasteiger charge is 2.40. The zero-order valence-corrected chi connectivity index (χ0v) is 8.11. The summed E-state index contributed by atoms with van der Waals surface area (Å²) >= 11 is 0. The molecule has 0 radical (unpaired) electrons. The van der Waals surface area contributed by atoms with Gasteiger partial charge in [0.1, 0.15) is 11.3 Å². The molecule has 0 fully saturated rings. The number of carboxylic acid groups (broad SMARTS) is 1. The Morgan fingerprint density at radius 3 is 2.69 bits per heavy atom. The van der Waals surface area contributed by atoms with E-state index in [0.29, 0.717) is 11.0 Å². The smallest absolute Gasteiger partial charge is 0.375 e. The van der Waals surface area contributed by atoms with E-state index >= 15 is 0 Å². The van der Waals surface area contributed by atoms with E-state index in [2.05, 4.69) is 0 Å². The molecule has 84 valence electrons. The number of rotatable bonds is 3. The number of halogens is 2. The second kappa shape index (κ2) is 3.59. The van der Waals surface area contributed by atoms with Crippen molar-refractivity contribution < 1.29 is 23.1 Å². The first kappa shape index (κ1) is 10.6. The summed E-state index contributed by atoms with van der Waals surface area (Å²) in [5.41, 5.74) is 0.471. The molecule has 0 aliphatic rings. The van der Waals surface area contributed by atoms with Gasteiger partial charge < -0.3 is 9.52 Å². The van der Waals surface area contributed by atoms with Gasteiger partial charge in [0.05, 0.1) is 6.42 Å². The van der Waals surface area contributed by atoms with E-state index in [1.165, 1.54) is 6.07 Å². The van der Waals surface area contributed by atoms with Crippen LogP contribution in [0.25, 0.3) is 11.0 Å². The van der Waals surface area contributed by atoms with Gasteiger partial charge in [-0.15, -0.1) is 0 Å². The van der Waals surface area contributed by atoms with Gasteiger partial charge in [0.25, 0.3) is 0 Å². The minimum absolute atomic E-state index is 0.0337. The van der Waals surface area contributed by atoms with Crippen LogP contribution in [0.5, 0.6) is 0 Å². The van der Waals surface area contributed by atoms with Crippen molar-refractivity contribution in [1.82, 2.24) is 0 Å². The molecule has 0 saturated heterocycles. The molecule has 1 N–H and O–H groups in total. The molecule has 0 unspecified atom stereocenters. The van der Waals surface area contributed by atoms with Gasteiger partial charge in [0, 0.05) is 5.39 Å². The summed E-state index contributed by atoms with van der Waals surface area (Å²) < 4.78 is 30.9. The molecule has 0 amide bonds. The van der Waals surface area contributed by atoms with Crippen molar-refractivity contribution >= 4 is 16.9 Å². The molecule has 1 aromatic heterocycles. The van der Waals surface area contributed by atoms with Crippen LogP contribution in [0.2, 0.25) is 0 Å². The summed E-state index contributed by atoms with van der Waals surface area (Å²) in [6, 6.07) is 8.23. The van der Waals surface area contributed by atoms with E-state index < -0.39 is 18.3 Å². The lowest BCUT2D eigenvalue weighted by Crippen LogP contribution is -2.30. The van der Waals surface area contributed by atoms with Gasteiger partial charge in [-0.2, -0.15) is 8.78 Å². The Kier molecular flexibility index (Phi) is 2.38. The van der Waals surface area contributed by atoms with Crippen molar-refractivity contribution in [3.63, 3.8) is 0 Å². The number of carbonyl (C=O) groups is 1. The van der Waals surface area contributed by atoms with Gasteiger partial charge in [0.15, 0.2) is 0 Å². The predicted molar refractivity (Wildman–Crippen MR) is 52.5 cm³/mol. The minimum Gasteiger partial charge on any atom is -0.477 e. The van der Waals surface area contributed by atoms with Crippen molar-refractivity contribution in [3.05, 3.63) is 36.1 Å². The van der Waals surface area contributed by atoms with E-state index in [9.17, 15) is 13.6 Å². The molecule has 2 aromatic rings. The molecular formula is C11H8F2O3. The lowest BCUT2D eigenvalue weighted by molar-refractivity contribution is -0.164. The molecule has 16 heavy (non-hydrogen) atoms. The Hall–Kier alpha value is -1.91. The average Bonchev–Trinajstić information content (AvgIpc) is 2.58. The fourth-order valence-corrected chi connectivity index (χ4v) is 1.42. The highest BCUT2D eigenvalue weighted by Crippen LogP contribution is 2.25. The van der Waals surface area contributed by atoms with Crippen LogP contribution in [-0.4, -0.2) is 17.0 Å². The molecule has 0 saturated carbocycles. The van der Waals surface area contributed by atoms with Crippen molar-refractivity contribution in [3.8, 4) is 0 Å². The fourth-order valence-electron chi connectivity index (χ4n) is 1.42. The molecule has 0 atom stereocenters. The molecule has 0 spiro atoms. The number of furan rings is 1. The lowest BCUT2D eigenvalue weighted by Gasteiger charge is -2.07. The van der Waals surface area contributed by atoms with Crippen molar-refractivity contribution in [1.29, 1.82) is 0 Å². The zero-order valence-electron chi connectivity index (χ0n) is 8.11. The molecule has 0 bridgehead atoms. The normalized spacial score (nSPS) is 11.9. The summed E-state index contributed by atoms with van der Waals surface area (Å²) in [7, 11) is 0. The molecule has 0 aliphatic heterocycles. The second-order valence-corrected chi connectivity index (χ2v) is 3.44. The van der Waals surface area contributed by atoms with Gasteiger partial charge in [-0.05, 0) is 12.1 Å². The minimum atomic E-state index is -3.80. The molecule has 3 nitrogen and oxygen atoms in total. The quantitative estimate of drug-likeness (QED) is 0.875. The number of alkyl halides is 2. The van der Waals surface area contributed by atoms with E-state index in [-0.39, 0.29) is 5.76 Å². The van der Waals surface area contributed by atoms with Crippen molar-refractivity contribution in [2.75, 3.05) is 0 Å². The van der Waals surface area contributed by atoms with Crippen LogP contribution in [0.1, 0.15) is 5.76 Å². The first-order chi connectivity index (χ1) is 7.49. The fraction of sp³-hybridized carbons (Fsp3) is 0.182. The van der Waals surface area contributed by atoms with Gasteiger partial charge >= 0.3 is 11.9 Å². The Bertz CT molecular complexity index is 498. The van der Waals surface area contributed by atoms with E-state index in [1.54, 1.807) is 24.3 Å². The topological polar surface area (TPSA) is 50.4 Å². The summed E-state index contributed by atoms with van der Waals surface area (Å²) in [5.74, 6) is -5.98. The van der Waals surface area contributed by atoms with Crippen LogP contribution < -0.4 is 0 Å². The summed E-state index contributed by atoms with van der Waals surface area (Å²) in [6.07, 6.45) is -0.934. The standard InChI is InChI=1S/C11H8F2O3/c12-11(13,10(14)15)6-8-5-7-3-1-2-4-9(7)16-8/h1-5H,6H2,(H,14,15). The maximum Gasteiger partial charge on any atom is 0.375 e. The Balaban J connectivity index is 2.32. The van der Waals surface area contributed by atoms with E-state index in [0.717, 1.165) is 0 Å². The molecule has 1 aromatic carbocycles. The SMILES string of the molecule is O=C(O)C(F)(F)Cc1cc2ccccc2o1. The third kappa shape index (κ3) is 1.88. The third-order valence-electron chi connectivity index (χ3n) is 2.19. The average molecular weight is 226 g/mol. The third-order valence-corrected chi connectivity index (χ3v) is 2.19. The van der Waals surface area contributed by atoms with Crippen LogP contribution in [0.4, 0.5) is 8.78 Å². The largest absolute Gasteiger partial charge is 0.477 e. The second-order valence-electron chi connectivity index (χ2n) is 3.44. The monoisotopic (exact) mass is 226 g/mol. The maximum absolute atomic E-state index is 12.9. The number of benzene rings is 1. The van der Waals surface area contributed by atoms with Gasteiger partial charge in [-0.25, -0.2) is 4.79 Å². The first-order valence-corrected chi connectivity index (χ1v) is 4.58. The Morgan fingerprint density at radius 1 is 1.38 bits per heavy atom. The highest BCUT2D eigenvalue weighted by atomic mass is 19.3. The predicted octanol–water partition coefficient (Wildman–Crippen LogP) is 2.70. The number of carboxylic acids is 1. The molecule has 2 rings (SSSR count). The van der Waals surface area contributed by atoms with Crippen molar-refractivity contribution in [2.24, 2.45) is 0 Å². The van der Waals surface area contributed by atoms with Crippen LogP contribution >= 0.6 is 0 Å². The Labute approximate surface area is 89.3 Å². The van der Waals surface area contributed by atoms with Gasteiger partial charge in [0.2, 0.25) is 0 Å². The van der Waals surface area contributed by atoms with E-state index in [1.807, 2.05) is 0 Å². The van der Waals surface area contributed by atoms with Crippen LogP contribution in [-0.2, 0) is 11.2 Å². The van der Waals surface area contributed by atoms with Gasteiger partial charge in [-0.3, -0.25) is 0 Å². The van der Waals surface area contributed by atoms with Gasteiger partial charge in [-0.1, -0.05) is 18.2 Å². The van der Waals surface area contributed by atoms with Crippen LogP contribution in [0.3, 0.4) is 0 Å². The number of fused-ring (bicyclic) bond motifs is 1. The molecule has 5 heteroatoms. The zero-order chi connectivity index (χ0) is 11.8. The molecule has 1 heterocycles. The number of para-hydroxylation sites is 1. The maximum atomic E-state index is 12.9. The molecule has 0 aliphatic carbocycles. The van der Waals surface area contributed by atoms with E-state index in [4.69, 9.17) is 9.52 Å². The Morgan fingerprint density at radius 2 is 2.06 bits per heavy atom. The number of aliphatic carboxylic acids is 1.